The number of terminal acetylenes is 1. The summed E-state index contributed by atoms with van der Waals surface area (Å²) in [6.45, 7) is 7.93. The Labute approximate surface area is 277 Å². The normalized spacial score (nSPS) is 19.5. The van der Waals surface area contributed by atoms with Crippen molar-refractivity contribution in [1.82, 2.24) is 25.2 Å². The van der Waals surface area contributed by atoms with Crippen LogP contribution in [0.25, 0.3) is 32.9 Å². The van der Waals surface area contributed by atoms with Crippen molar-refractivity contribution in [2.45, 2.75) is 89.9 Å². The van der Waals surface area contributed by atoms with Gasteiger partial charge in [0.2, 0.25) is 0 Å². The van der Waals surface area contributed by atoms with E-state index >= 15 is 8.78 Å². The number of pyridine rings is 1. The number of alkyl halides is 2. The van der Waals surface area contributed by atoms with Gasteiger partial charge >= 0.3 is 6.01 Å². The van der Waals surface area contributed by atoms with Crippen molar-refractivity contribution in [3.8, 4) is 29.6 Å². The number of rotatable bonds is 8. The molecule has 2 aromatic carbocycles. The first-order chi connectivity index (χ1) is 23.2. The quantitative estimate of drug-likeness (QED) is 0.0800. The van der Waals surface area contributed by atoms with E-state index in [9.17, 15) is 8.78 Å². The summed E-state index contributed by atoms with van der Waals surface area (Å²) in [6, 6.07) is 4.92. The average molecular weight is 664 g/mol. The number of nitrogens with one attached hydrogen (secondary N) is 2. The molecule has 0 radical (unpaired) electrons. The van der Waals surface area contributed by atoms with Crippen molar-refractivity contribution in [3.05, 3.63) is 47.2 Å². The monoisotopic (exact) mass is 663 g/mol. The number of halogens is 4. The number of fused-ring (bicyclic) bond motifs is 2. The number of hydrogen-bond acceptors (Lipinski definition) is 8. The van der Waals surface area contributed by atoms with E-state index in [1.165, 1.54) is 18.2 Å². The Kier molecular flexibility index (Phi) is 9.63. The van der Waals surface area contributed by atoms with Gasteiger partial charge in [0.15, 0.2) is 18.4 Å². The number of benzene rings is 2. The zero-order valence-corrected chi connectivity index (χ0v) is 27.5. The highest BCUT2D eigenvalue weighted by Gasteiger charge is 2.45. The van der Waals surface area contributed by atoms with Gasteiger partial charge in [-0.3, -0.25) is 10.2 Å². The summed E-state index contributed by atoms with van der Waals surface area (Å²) < 4.78 is 67.5. The van der Waals surface area contributed by atoms with Gasteiger partial charge in [-0.05, 0) is 81.6 Å². The molecule has 0 bridgehead atoms. The zero-order valence-electron chi connectivity index (χ0n) is 27.5. The Morgan fingerprint density at radius 1 is 1.12 bits per heavy atom. The van der Waals surface area contributed by atoms with Gasteiger partial charge in [0, 0.05) is 16.6 Å². The number of nitrogen functional groups attached to an aromatic ring is 1. The molecule has 2 saturated heterocycles. The highest BCUT2D eigenvalue weighted by Crippen LogP contribution is 2.42. The Hall–Kier alpha value is -4.21. The van der Waals surface area contributed by atoms with Crippen molar-refractivity contribution < 1.29 is 22.3 Å². The first-order valence-electron chi connectivity index (χ1n) is 16.8. The smallest absolute Gasteiger partial charge is 0.319 e. The topological polar surface area (TPSA) is 101 Å². The molecule has 3 unspecified atom stereocenters. The van der Waals surface area contributed by atoms with Crippen molar-refractivity contribution in [2.75, 3.05) is 30.7 Å². The maximum Gasteiger partial charge on any atom is 0.319 e. The fourth-order valence-corrected chi connectivity index (χ4v) is 7.37. The van der Waals surface area contributed by atoms with E-state index in [0.717, 1.165) is 38.8 Å². The average Bonchev–Trinajstić information content (AvgIpc) is 3.62. The summed E-state index contributed by atoms with van der Waals surface area (Å²) in [6.07, 6.45) is 6.95. The molecule has 7 rings (SSSR count). The number of ether oxygens (including phenoxy) is 1. The summed E-state index contributed by atoms with van der Waals surface area (Å²) in [7, 11) is 0. The summed E-state index contributed by atoms with van der Waals surface area (Å²) in [5.74, 6) is 1.09. The molecule has 0 saturated carbocycles. The molecule has 0 spiro atoms. The van der Waals surface area contributed by atoms with Gasteiger partial charge in [-0.2, -0.15) is 9.97 Å². The molecule has 0 aliphatic carbocycles. The molecule has 12 heteroatoms. The molecule has 3 aliphatic rings. The Balaban J connectivity index is 0.00000197. The van der Waals surface area contributed by atoms with E-state index in [4.69, 9.17) is 21.9 Å². The molecule has 48 heavy (non-hydrogen) atoms. The molecule has 0 amide bonds. The third-order valence-corrected chi connectivity index (χ3v) is 9.68. The summed E-state index contributed by atoms with van der Waals surface area (Å²) >= 11 is 0. The van der Waals surface area contributed by atoms with Crippen LogP contribution in [0.5, 0.6) is 6.01 Å². The molecule has 4 aromatic rings. The summed E-state index contributed by atoms with van der Waals surface area (Å²) in [4.78, 5) is 16.3. The molecule has 8 nitrogen and oxygen atoms in total. The predicted molar refractivity (Wildman–Crippen MR) is 181 cm³/mol. The highest BCUT2D eigenvalue weighted by molar-refractivity contribution is 6.04. The molecule has 2 fully saturated rings. The minimum atomic E-state index is -1.77. The maximum absolute atomic E-state index is 16.8. The molecule has 5 heterocycles. The third-order valence-electron chi connectivity index (χ3n) is 9.68. The Morgan fingerprint density at radius 2 is 1.88 bits per heavy atom. The minimum absolute atomic E-state index is 0.0474. The second-order valence-electron chi connectivity index (χ2n) is 12.5. The highest BCUT2D eigenvalue weighted by atomic mass is 19.2. The molecular weight excluding hydrogens is 622 g/mol. The number of aromatic nitrogens is 3. The summed E-state index contributed by atoms with van der Waals surface area (Å²) in [5, 5.41) is 6.49. The van der Waals surface area contributed by atoms with Gasteiger partial charge in [0.1, 0.15) is 29.5 Å². The fraction of sp³-hybridized carbons (Fsp3) is 0.472. The van der Waals surface area contributed by atoms with E-state index in [0.29, 0.717) is 23.4 Å². The van der Waals surface area contributed by atoms with Crippen LogP contribution in [0.2, 0.25) is 0 Å². The minimum Gasteiger partial charge on any atom is -0.461 e. The van der Waals surface area contributed by atoms with Crippen LogP contribution in [0.3, 0.4) is 0 Å². The van der Waals surface area contributed by atoms with Gasteiger partial charge in [0.05, 0.1) is 28.2 Å². The first kappa shape index (κ1) is 33.7. The molecule has 254 valence electrons. The molecule has 3 atom stereocenters. The van der Waals surface area contributed by atoms with Crippen LogP contribution in [0.1, 0.15) is 70.6 Å². The van der Waals surface area contributed by atoms with Crippen LogP contribution >= 0.6 is 0 Å². The lowest BCUT2D eigenvalue weighted by Gasteiger charge is -2.31. The lowest BCUT2D eigenvalue weighted by Crippen LogP contribution is -2.44. The number of aryl methyl sites for hydroxylation is 1. The Bertz CT molecular complexity index is 1870. The molecule has 4 N–H and O–H groups in total. The summed E-state index contributed by atoms with van der Waals surface area (Å²) in [5.41, 5.74) is 6.73. The van der Waals surface area contributed by atoms with E-state index in [2.05, 4.69) is 31.4 Å². The van der Waals surface area contributed by atoms with Gasteiger partial charge in [-0.15, -0.1) is 6.42 Å². The number of nitrogens with zero attached hydrogens (tertiary/aromatic N) is 4. The first-order valence-corrected chi connectivity index (χ1v) is 16.8. The van der Waals surface area contributed by atoms with Crippen molar-refractivity contribution in [1.29, 1.82) is 0 Å². The largest absolute Gasteiger partial charge is 0.461 e. The standard InChI is InChI=1S/C34H35F4N7O.C2H6/c1-3-20-22(35)8-7-18-15-19(39)16-21(26(18)20)29-28(37)30-27-23(40-29)9-10-24(31(38)42-25(36)4-2)41-32(27)44-33(43-30)46-17-34-11-5-13-45(34)14-6-12-34;1-2/h1,7-8,15-16,24-25,31,42H,4-6,9-14,17,39H2,2H3,(H,41,43,44);1-2H3. The lowest BCUT2D eigenvalue weighted by atomic mass is 9.95. The van der Waals surface area contributed by atoms with E-state index in [1.54, 1.807) is 13.0 Å². The molecule has 3 aliphatic heterocycles. The van der Waals surface area contributed by atoms with E-state index in [1.807, 2.05) is 13.8 Å². The van der Waals surface area contributed by atoms with Crippen molar-refractivity contribution in [2.24, 2.45) is 0 Å². The second kappa shape index (κ2) is 13.7. The third kappa shape index (κ3) is 5.98. The lowest BCUT2D eigenvalue weighted by molar-refractivity contribution is 0.108. The van der Waals surface area contributed by atoms with Crippen LogP contribution in [0.15, 0.2) is 24.3 Å². The Morgan fingerprint density at radius 3 is 2.58 bits per heavy atom. The van der Waals surface area contributed by atoms with E-state index in [-0.39, 0.29) is 69.7 Å². The van der Waals surface area contributed by atoms with E-state index < -0.39 is 30.3 Å². The molecule has 2 aromatic heterocycles. The van der Waals surface area contributed by atoms with Gasteiger partial charge < -0.3 is 15.8 Å². The SMILES string of the molecule is C#Cc1c(F)ccc2cc(N)cc(-c3nc4c5c(nc(OCC67CCCN6CCC7)nc5c3F)NC(C(F)NC(F)CC)CC4)c12.CC. The fourth-order valence-electron chi connectivity index (χ4n) is 7.37. The number of hydrogen-bond donors (Lipinski definition) is 3. The van der Waals surface area contributed by atoms with Crippen LogP contribution in [0.4, 0.5) is 29.1 Å². The number of nitrogens with two attached hydrogens (primary N) is 1. The predicted octanol–water partition coefficient (Wildman–Crippen LogP) is 7.04. The van der Waals surface area contributed by atoms with Crippen molar-refractivity contribution in [3.63, 3.8) is 0 Å². The van der Waals surface area contributed by atoms with Gasteiger partial charge in [0.25, 0.3) is 0 Å². The van der Waals surface area contributed by atoms with Gasteiger partial charge in [-0.1, -0.05) is 32.8 Å². The maximum atomic E-state index is 16.8. The van der Waals surface area contributed by atoms with Crippen molar-refractivity contribution >= 4 is 33.2 Å². The van der Waals surface area contributed by atoms with Crippen LogP contribution in [0, 0.1) is 24.0 Å². The van der Waals surface area contributed by atoms with Gasteiger partial charge in [-0.25, -0.2) is 22.5 Å². The van der Waals surface area contributed by atoms with Crippen LogP contribution in [-0.4, -0.2) is 63.7 Å². The van der Waals surface area contributed by atoms with Crippen LogP contribution in [-0.2, 0) is 6.42 Å². The molecular formula is C36H41F4N7O. The number of anilines is 2. The van der Waals surface area contributed by atoms with Crippen LogP contribution < -0.4 is 21.1 Å². The zero-order chi connectivity index (χ0) is 34.2. The second-order valence-corrected chi connectivity index (χ2v) is 12.5.